The molecule has 0 amide bonds. The molecular formula is C23H38O3. The highest BCUT2D eigenvalue weighted by Crippen LogP contribution is 2.10. The molecule has 0 fully saturated rings. The number of unbranched alkanes of at least 4 members (excludes halogenated alkanes) is 12. The van der Waals surface area contributed by atoms with Crippen LogP contribution in [0.15, 0.2) is 35.0 Å². The van der Waals surface area contributed by atoms with E-state index in [1.54, 1.807) is 12.1 Å². The van der Waals surface area contributed by atoms with Crippen molar-refractivity contribution in [2.24, 2.45) is 0 Å². The van der Waals surface area contributed by atoms with E-state index in [2.05, 4.69) is 19.1 Å². The highest BCUT2D eigenvalue weighted by molar-refractivity contribution is 5.86. The summed E-state index contributed by atoms with van der Waals surface area (Å²) in [7, 11) is 0. The minimum absolute atomic E-state index is 0.287. The van der Waals surface area contributed by atoms with E-state index in [1.165, 1.54) is 83.3 Å². The van der Waals surface area contributed by atoms with Crippen molar-refractivity contribution in [2.45, 2.75) is 96.8 Å². The number of carbonyl (C=O) groups excluding carboxylic acids is 1. The lowest BCUT2D eigenvalue weighted by molar-refractivity contribution is 0.0461. The summed E-state index contributed by atoms with van der Waals surface area (Å²) in [4.78, 5) is 11.5. The summed E-state index contributed by atoms with van der Waals surface area (Å²) in [5, 5.41) is 0. The number of rotatable bonds is 17. The molecular weight excluding hydrogens is 324 g/mol. The van der Waals surface area contributed by atoms with Crippen LogP contribution in [0.3, 0.4) is 0 Å². The third-order valence-electron chi connectivity index (χ3n) is 4.61. The Hall–Kier alpha value is -1.51. The summed E-state index contributed by atoms with van der Waals surface area (Å²) < 4.78 is 10.2. The summed E-state index contributed by atoms with van der Waals surface area (Å²) in [6, 6.07) is 3.32. The summed E-state index contributed by atoms with van der Waals surface area (Å²) in [6.45, 7) is 2.75. The Labute approximate surface area is 160 Å². The van der Waals surface area contributed by atoms with Crippen molar-refractivity contribution in [2.75, 3.05) is 6.61 Å². The molecule has 0 spiro atoms. The average Bonchev–Trinajstić information content (AvgIpc) is 3.19. The number of furan rings is 1. The minimum Gasteiger partial charge on any atom is -0.460 e. The maximum absolute atomic E-state index is 11.5. The number of hydrogen-bond acceptors (Lipinski definition) is 3. The summed E-state index contributed by atoms with van der Waals surface area (Å²) in [6.07, 6.45) is 24.1. The molecule has 0 unspecified atom stereocenters. The second-order valence-electron chi connectivity index (χ2n) is 7.05. The first-order valence-corrected chi connectivity index (χ1v) is 10.7. The Balaban J connectivity index is 1.76. The van der Waals surface area contributed by atoms with Crippen molar-refractivity contribution in [3.8, 4) is 0 Å². The largest absolute Gasteiger partial charge is 0.460 e. The van der Waals surface area contributed by atoms with E-state index in [0.29, 0.717) is 6.61 Å². The van der Waals surface area contributed by atoms with Crippen LogP contribution in [0.4, 0.5) is 0 Å². The molecule has 26 heavy (non-hydrogen) atoms. The maximum Gasteiger partial charge on any atom is 0.374 e. The molecule has 0 N–H and O–H groups in total. The van der Waals surface area contributed by atoms with Gasteiger partial charge in [0.1, 0.15) is 0 Å². The van der Waals surface area contributed by atoms with E-state index in [0.717, 1.165) is 12.8 Å². The zero-order chi connectivity index (χ0) is 18.7. The second-order valence-corrected chi connectivity index (χ2v) is 7.05. The topological polar surface area (TPSA) is 39.4 Å². The van der Waals surface area contributed by atoms with Gasteiger partial charge in [-0.05, 0) is 44.2 Å². The molecule has 0 aliphatic rings. The van der Waals surface area contributed by atoms with Gasteiger partial charge in [-0.15, -0.1) is 0 Å². The third kappa shape index (κ3) is 12.8. The van der Waals surface area contributed by atoms with Crippen LogP contribution < -0.4 is 0 Å². The van der Waals surface area contributed by atoms with E-state index in [-0.39, 0.29) is 11.7 Å². The van der Waals surface area contributed by atoms with Crippen LogP contribution in [-0.4, -0.2) is 12.6 Å². The second kappa shape index (κ2) is 16.9. The van der Waals surface area contributed by atoms with E-state index in [9.17, 15) is 4.79 Å². The van der Waals surface area contributed by atoms with Crippen molar-refractivity contribution in [1.29, 1.82) is 0 Å². The van der Waals surface area contributed by atoms with Crippen LogP contribution >= 0.6 is 0 Å². The van der Waals surface area contributed by atoms with Gasteiger partial charge in [-0.25, -0.2) is 4.79 Å². The van der Waals surface area contributed by atoms with Gasteiger partial charge in [-0.3, -0.25) is 0 Å². The van der Waals surface area contributed by atoms with Crippen molar-refractivity contribution < 1.29 is 13.9 Å². The van der Waals surface area contributed by atoms with Crippen LogP contribution in [0.5, 0.6) is 0 Å². The summed E-state index contributed by atoms with van der Waals surface area (Å²) in [5.41, 5.74) is 0. The highest BCUT2D eigenvalue weighted by atomic mass is 16.5. The molecule has 1 aromatic rings. The first kappa shape index (κ1) is 22.5. The van der Waals surface area contributed by atoms with Crippen LogP contribution in [0.2, 0.25) is 0 Å². The smallest absolute Gasteiger partial charge is 0.374 e. The van der Waals surface area contributed by atoms with Gasteiger partial charge in [0.25, 0.3) is 0 Å². The Morgan fingerprint density at radius 2 is 1.46 bits per heavy atom. The van der Waals surface area contributed by atoms with Gasteiger partial charge in [0.15, 0.2) is 0 Å². The SMILES string of the molecule is CCCCCCCCC=CCCCCCCCCOC(=O)c1ccco1. The van der Waals surface area contributed by atoms with Crippen molar-refractivity contribution >= 4 is 5.97 Å². The van der Waals surface area contributed by atoms with Crippen molar-refractivity contribution in [3.63, 3.8) is 0 Å². The predicted octanol–water partition coefficient (Wildman–Crippen LogP) is 7.47. The Morgan fingerprint density at radius 3 is 2.04 bits per heavy atom. The van der Waals surface area contributed by atoms with Crippen LogP contribution in [0.1, 0.15) is 107 Å². The minimum atomic E-state index is -0.359. The molecule has 1 aromatic heterocycles. The van der Waals surface area contributed by atoms with Crippen LogP contribution in [-0.2, 0) is 4.74 Å². The molecule has 3 heteroatoms. The van der Waals surface area contributed by atoms with E-state index < -0.39 is 0 Å². The van der Waals surface area contributed by atoms with E-state index in [4.69, 9.17) is 9.15 Å². The summed E-state index contributed by atoms with van der Waals surface area (Å²) in [5.74, 6) is -0.0719. The Morgan fingerprint density at radius 1 is 0.885 bits per heavy atom. The number of ether oxygens (including phenoxy) is 1. The lowest BCUT2D eigenvalue weighted by Crippen LogP contribution is -2.05. The lowest BCUT2D eigenvalue weighted by atomic mass is 10.1. The fourth-order valence-electron chi connectivity index (χ4n) is 2.98. The molecule has 0 atom stereocenters. The normalized spacial score (nSPS) is 11.3. The highest BCUT2D eigenvalue weighted by Gasteiger charge is 2.08. The average molecular weight is 363 g/mol. The summed E-state index contributed by atoms with van der Waals surface area (Å²) >= 11 is 0. The maximum atomic E-state index is 11.5. The molecule has 0 saturated carbocycles. The quantitative estimate of drug-likeness (QED) is 0.164. The monoisotopic (exact) mass is 362 g/mol. The lowest BCUT2D eigenvalue weighted by Gasteiger charge is -2.03. The molecule has 1 rings (SSSR count). The molecule has 0 saturated heterocycles. The van der Waals surface area contributed by atoms with Gasteiger partial charge in [-0.2, -0.15) is 0 Å². The van der Waals surface area contributed by atoms with Crippen molar-refractivity contribution in [1.82, 2.24) is 0 Å². The first-order valence-electron chi connectivity index (χ1n) is 10.7. The molecule has 1 heterocycles. The van der Waals surface area contributed by atoms with Crippen molar-refractivity contribution in [3.05, 3.63) is 36.3 Å². The fraction of sp³-hybridized carbons (Fsp3) is 0.696. The number of carbonyl (C=O) groups is 1. The molecule has 0 aliphatic carbocycles. The molecule has 3 nitrogen and oxygen atoms in total. The number of esters is 1. The van der Waals surface area contributed by atoms with E-state index >= 15 is 0 Å². The third-order valence-corrected chi connectivity index (χ3v) is 4.61. The molecule has 148 valence electrons. The molecule has 0 bridgehead atoms. The van der Waals surface area contributed by atoms with Gasteiger partial charge < -0.3 is 9.15 Å². The standard InChI is InChI=1S/C23H38O3/c1-2-3-4-5-6-7-8-9-10-11-12-13-14-15-16-17-20-26-23(24)22-19-18-21-25-22/h9-10,18-19,21H,2-8,11-17,20H2,1H3. The van der Waals surface area contributed by atoms with E-state index in [1.807, 2.05) is 0 Å². The Bertz CT molecular complexity index is 448. The molecule has 0 aromatic carbocycles. The number of allylic oxidation sites excluding steroid dienone is 2. The molecule has 0 radical (unpaired) electrons. The first-order chi connectivity index (χ1) is 12.8. The zero-order valence-corrected chi connectivity index (χ0v) is 16.7. The zero-order valence-electron chi connectivity index (χ0n) is 16.7. The van der Waals surface area contributed by atoms with Crippen LogP contribution in [0.25, 0.3) is 0 Å². The predicted molar refractivity (Wildman–Crippen MR) is 108 cm³/mol. The Kier molecular flexibility index (Phi) is 14.7. The van der Waals surface area contributed by atoms with Gasteiger partial charge in [0.2, 0.25) is 5.76 Å². The number of hydrogen-bond donors (Lipinski definition) is 0. The van der Waals surface area contributed by atoms with Crippen LogP contribution in [0, 0.1) is 0 Å². The fourth-order valence-corrected chi connectivity index (χ4v) is 2.98. The van der Waals surface area contributed by atoms with Gasteiger partial charge in [0.05, 0.1) is 12.9 Å². The van der Waals surface area contributed by atoms with Gasteiger partial charge in [0, 0.05) is 0 Å². The van der Waals surface area contributed by atoms with Gasteiger partial charge in [-0.1, -0.05) is 76.9 Å². The molecule has 0 aliphatic heterocycles. The van der Waals surface area contributed by atoms with Gasteiger partial charge >= 0.3 is 5.97 Å².